The first-order chi connectivity index (χ1) is 26.4. The number of para-hydroxylation sites is 2. The zero-order valence-corrected chi connectivity index (χ0v) is 32.1. The van der Waals surface area contributed by atoms with Crippen LogP contribution in [0, 0.1) is 0 Å². The number of hydrogen-bond acceptors (Lipinski definition) is 2. The Hall–Kier alpha value is -6.42. The minimum Gasteiger partial charge on any atom is -0.311 e. The summed E-state index contributed by atoms with van der Waals surface area (Å²) in [6.07, 6.45) is 0. The molecule has 0 saturated heterocycles. The fourth-order valence-corrected chi connectivity index (χ4v) is 8.24. The highest BCUT2D eigenvalue weighted by Gasteiger charge is 2.19. The highest BCUT2D eigenvalue weighted by molar-refractivity contribution is 6.88. The Morgan fingerprint density at radius 1 is 0.259 bits per heavy atom. The van der Waals surface area contributed by atoms with Crippen molar-refractivity contribution in [3.63, 3.8) is 0 Å². The number of anilines is 6. The minimum absolute atomic E-state index is 1.13. The molecule has 0 radical (unpaired) electrons. The van der Waals surface area contributed by atoms with Crippen molar-refractivity contribution in [3.05, 3.63) is 212 Å². The fraction of sp³-hybridized carbons (Fsp3) is 0.0588. The number of hydrogen-bond donors (Lipinski definition) is 0. The second kappa shape index (κ2) is 15.3. The van der Waals surface area contributed by atoms with Gasteiger partial charge in [0, 0.05) is 34.1 Å². The van der Waals surface area contributed by atoms with E-state index in [2.05, 4.69) is 242 Å². The van der Waals surface area contributed by atoms with Crippen molar-refractivity contribution in [3.8, 4) is 33.4 Å². The van der Waals surface area contributed by atoms with E-state index in [4.69, 9.17) is 0 Å². The molecule has 0 amide bonds. The second-order valence-electron chi connectivity index (χ2n) is 14.7. The van der Waals surface area contributed by atoms with E-state index in [1.165, 1.54) is 38.6 Å². The third-order valence-electron chi connectivity index (χ3n) is 10.0. The van der Waals surface area contributed by atoms with Crippen LogP contribution in [0.2, 0.25) is 19.6 Å². The zero-order valence-electron chi connectivity index (χ0n) is 31.1. The van der Waals surface area contributed by atoms with Gasteiger partial charge in [-0.1, -0.05) is 164 Å². The standard InChI is InChI=1S/C51H44N2Si/c1-54(2,3)51-36-34-49(35-37-51)53(50-21-13-16-44(38-50)39-14-7-4-8-15-39)48-32-28-43(29-33-48)41-24-22-40(23-25-41)42-26-30-47(31-27-42)52(45-17-9-5-10-18-45)46-19-11-6-12-20-46/h4-38H,1-3H3. The van der Waals surface area contributed by atoms with Gasteiger partial charge in [-0.3, -0.25) is 0 Å². The van der Waals surface area contributed by atoms with Crippen molar-refractivity contribution in [2.75, 3.05) is 9.80 Å². The van der Waals surface area contributed by atoms with Crippen molar-refractivity contribution in [1.82, 2.24) is 0 Å². The van der Waals surface area contributed by atoms with Gasteiger partial charge >= 0.3 is 0 Å². The average Bonchev–Trinajstić information content (AvgIpc) is 3.23. The van der Waals surface area contributed by atoms with Gasteiger partial charge in [-0.05, 0) is 106 Å². The molecule has 0 aromatic heterocycles. The molecule has 0 atom stereocenters. The minimum atomic E-state index is -1.43. The summed E-state index contributed by atoms with van der Waals surface area (Å²) in [5.74, 6) is 0. The second-order valence-corrected chi connectivity index (χ2v) is 19.8. The van der Waals surface area contributed by atoms with Crippen LogP contribution in [0.3, 0.4) is 0 Å². The van der Waals surface area contributed by atoms with E-state index in [9.17, 15) is 0 Å². The Kier molecular flexibility index (Phi) is 9.80. The Morgan fingerprint density at radius 2 is 0.556 bits per heavy atom. The molecular formula is C51H44N2Si. The van der Waals surface area contributed by atoms with E-state index in [-0.39, 0.29) is 0 Å². The lowest BCUT2D eigenvalue weighted by Crippen LogP contribution is -2.37. The molecule has 3 heteroatoms. The molecule has 8 aromatic rings. The highest BCUT2D eigenvalue weighted by atomic mass is 28.3. The fourth-order valence-electron chi connectivity index (χ4n) is 7.08. The molecule has 0 fully saturated rings. The van der Waals surface area contributed by atoms with Crippen LogP contribution in [-0.4, -0.2) is 8.07 Å². The zero-order chi connectivity index (χ0) is 36.9. The number of nitrogens with zero attached hydrogens (tertiary/aromatic N) is 2. The SMILES string of the molecule is C[Si](C)(C)c1ccc(N(c2ccc(-c3ccc(-c4ccc(N(c5ccccc5)c5ccccc5)cc4)cc3)cc2)c2cccc(-c3ccccc3)c2)cc1. The van der Waals surface area contributed by atoms with Gasteiger partial charge in [0.1, 0.15) is 0 Å². The summed E-state index contributed by atoms with van der Waals surface area (Å²) in [7, 11) is -1.43. The molecule has 0 aliphatic carbocycles. The predicted octanol–water partition coefficient (Wildman–Crippen LogP) is 14.2. The van der Waals surface area contributed by atoms with Gasteiger partial charge in [-0.15, -0.1) is 0 Å². The largest absolute Gasteiger partial charge is 0.311 e. The molecule has 0 bridgehead atoms. The summed E-state index contributed by atoms with van der Waals surface area (Å²) in [5, 5.41) is 1.46. The van der Waals surface area contributed by atoms with Gasteiger partial charge in [0.25, 0.3) is 0 Å². The van der Waals surface area contributed by atoms with E-state index in [0.29, 0.717) is 0 Å². The molecule has 0 unspecified atom stereocenters. The third-order valence-corrected chi connectivity index (χ3v) is 12.1. The first-order valence-electron chi connectivity index (χ1n) is 18.7. The van der Waals surface area contributed by atoms with E-state index in [1.54, 1.807) is 0 Å². The molecule has 0 aliphatic heterocycles. The van der Waals surface area contributed by atoms with Crippen molar-refractivity contribution in [2.45, 2.75) is 19.6 Å². The van der Waals surface area contributed by atoms with Crippen LogP contribution >= 0.6 is 0 Å². The van der Waals surface area contributed by atoms with E-state index in [1.807, 2.05) is 0 Å². The molecule has 2 nitrogen and oxygen atoms in total. The summed E-state index contributed by atoms with van der Waals surface area (Å²) in [6.45, 7) is 7.20. The van der Waals surface area contributed by atoms with Gasteiger partial charge in [0.15, 0.2) is 0 Å². The van der Waals surface area contributed by atoms with Crippen LogP contribution in [0.1, 0.15) is 0 Å². The molecule has 262 valence electrons. The Bertz CT molecular complexity index is 2380. The molecule has 0 spiro atoms. The Labute approximate surface area is 321 Å². The first-order valence-corrected chi connectivity index (χ1v) is 22.2. The molecule has 0 aliphatic rings. The molecule has 54 heavy (non-hydrogen) atoms. The maximum Gasteiger partial charge on any atom is 0.0775 e. The van der Waals surface area contributed by atoms with Gasteiger partial charge in [-0.2, -0.15) is 0 Å². The lowest BCUT2D eigenvalue weighted by atomic mass is 9.99. The summed E-state index contributed by atoms with van der Waals surface area (Å²) >= 11 is 0. The Morgan fingerprint density at radius 3 is 0.981 bits per heavy atom. The average molecular weight is 713 g/mol. The van der Waals surface area contributed by atoms with Crippen molar-refractivity contribution in [2.24, 2.45) is 0 Å². The molecule has 0 heterocycles. The smallest absolute Gasteiger partial charge is 0.0775 e. The monoisotopic (exact) mass is 712 g/mol. The summed E-state index contributed by atoms with van der Waals surface area (Å²) in [6, 6.07) is 76.5. The molecule has 0 saturated carbocycles. The van der Waals surface area contributed by atoms with Gasteiger partial charge in [0.05, 0.1) is 8.07 Å². The molecule has 8 rings (SSSR count). The quantitative estimate of drug-likeness (QED) is 0.130. The van der Waals surface area contributed by atoms with Crippen LogP contribution < -0.4 is 15.0 Å². The number of rotatable bonds is 10. The van der Waals surface area contributed by atoms with Gasteiger partial charge in [-0.25, -0.2) is 0 Å². The predicted molar refractivity (Wildman–Crippen MR) is 235 cm³/mol. The number of benzene rings is 8. The summed E-state index contributed by atoms with van der Waals surface area (Å²) in [4.78, 5) is 4.66. The lowest BCUT2D eigenvalue weighted by Gasteiger charge is -2.27. The van der Waals surface area contributed by atoms with Crippen LogP contribution in [-0.2, 0) is 0 Å². The third kappa shape index (κ3) is 7.54. The topological polar surface area (TPSA) is 6.48 Å². The molecule has 8 aromatic carbocycles. The van der Waals surface area contributed by atoms with Gasteiger partial charge < -0.3 is 9.80 Å². The summed E-state index contributed by atoms with van der Waals surface area (Å²) in [5.41, 5.74) is 14.0. The van der Waals surface area contributed by atoms with Crippen molar-refractivity contribution >= 4 is 47.4 Å². The van der Waals surface area contributed by atoms with Crippen LogP contribution in [0.25, 0.3) is 33.4 Å². The maximum atomic E-state index is 2.40. The Balaban J connectivity index is 1.06. The van der Waals surface area contributed by atoms with Crippen LogP contribution in [0.15, 0.2) is 212 Å². The summed E-state index contributed by atoms with van der Waals surface area (Å²) < 4.78 is 0. The molecular weight excluding hydrogens is 669 g/mol. The molecule has 0 N–H and O–H groups in total. The van der Waals surface area contributed by atoms with Crippen LogP contribution in [0.5, 0.6) is 0 Å². The van der Waals surface area contributed by atoms with Crippen molar-refractivity contribution < 1.29 is 0 Å². The highest BCUT2D eigenvalue weighted by Crippen LogP contribution is 2.38. The van der Waals surface area contributed by atoms with E-state index < -0.39 is 8.07 Å². The maximum absolute atomic E-state index is 2.40. The van der Waals surface area contributed by atoms with Crippen molar-refractivity contribution in [1.29, 1.82) is 0 Å². The normalized spacial score (nSPS) is 11.2. The van der Waals surface area contributed by atoms with Crippen LogP contribution in [0.4, 0.5) is 34.1 Å². The van der Waals surface area contributed by atoms with E-state index >= 15 is 0 Å². The first kappa shape index (κ1) is 34.7. The van der Waals surface area contributed by atoms with Gasteiger partial charge in [0.2, 0.25) is 0 Å². The van der Waals surface area contributed by atoms with E-state index in [0.717, 1.165) is 34.1 Å². The lowest BCUT2D eigenvalue weighted by molar-refractivity contribution is 1.28.